The molecule has 2 rings (SSSR count). The number of ether oxygens (including phenoxy) is 2. The quantitative estimate of drug-likeness (QED) is 0.867. The fraction of sp³-hybridized carbons (Fsp3) is 0.412. The Kier molecular flexibility index (Phi) is 5.43. The SMILES string of the molecule is CC(C)(C)OC(=O)NCC(=CF)COc1ccc2c(c1)CNC2=O. The lowest BCUT2D eigenvalue weighted by Gasteiger charge is -2.20. The number of alkyl carbamates (subject to hydrolysis) is 1. The Morgan fingerprint density at radius 3 is 2.83 bits per heavy atom. The van der Waals surface area contributed by atoms with Crippen molar-refractivity contribution >= 4 is 12.0 Å². The van der Waals surface area contributed by atoms with Crippen LogP contribution in [0.2, 0.25) is 0 Å². The third-order valence-electron chi connectivity index (χ3n) is 3.20. The van der Waals surface area contributed by atoms with Crippen molar-refractivity contribution < 1.29 is 23.5 Å². The molecule has 1 aliphatic heterocycles. The standard InChI is InChI=1S/C17H21FN2O4/c1-17(2,3)24-16(22)20-8-11(7-18)10-23-13-4-5-14-12(6-13)9-19-15(14)21/h4-7H,8-10H2,1-3H3,(H,19,21)(H,20,22). The lowest BCUT2D eigenvalue weighted by atomic mass is 10.1. The Morgan fingerprint density at radius 1 is 1.42 bits per heavy atom. The van der Waals surface area contributed by atoms with Gasteiger partial charge in [0.25, 0.3) is 5.91 Å². The third kappa shape index (κ3) is 4.97. The zero-order valence-electron chi connectivity index (χ0n) is 13.9. The van der Waals surface area contributed by atoms with Crippen LogP contribution >= 0.6 is 0 Å². The molecule has 0 spiro atoms. The smallest absolute Gasteiger partial charge is 0.407 e. The van der Waals surface area contributed by atoms with Crippen molar-refractivity contribution in [1.29, 1.82) is 0 Å². The number of amides is 2. The number of carbonyl (C=O) groups excluding carboxylic acids is 2. The maximum Gasteiger partial charge on any atom is 0.407 e. The van der Waals surface area contributed by atoms with Gasteiger partial charge in [0.15, 0.2) is 0 Å². The fourth-order valence-corrected chi connectivity index (χ4v) is 2.10. The number of hydrogen-bond donors (Lipinski definition) is 2. The molecule has 1 aromatic rings. The second-order valence-electron chi connectivity index (χ2n) is 6.41. The number of fused-ring (bicyclic) bond motifs is 1. The molecule has 1 aliphatic rings. The van der Waals surface area contributed by atoms with E-state index in [1.165, 1.54) is 0 Å². The molecule has 2 amide bonds. The zero-order valence-corrected chi connectivity index (χ0v) is 13.9. The molecule has 24 heavy (non-hydrogen) atoms. The van der Waals surface area contributed by atoms with Gasteiger partial charge in [-0.2, -0.15) is 0 Å². The van der Waals surface area contributed by atoms with Gasteiger partial charge in [0, 0.05) is 24.2 Å². The van der Waals surface area contributed by atoms with E-state index < -0.39 is 11.7 Å². The highest BCUT2D eigenvalue weighted by molar-refractivity contribution is 5.98. The van der Waals surface area contributed by atoms with Gasteiger partial charge in [0.05, 0.1) is 6.33 Å². The summed E-state index contributed by atoms with van der Waals surface area (Å²) in [6.45, 7) is 5.65. The van der Waals surface area contributed by atoms with Crippen LogP contribution in [0.15, 0.2) is 30.1 Å². The Labute approximate surface area is 140 Å². The van der Waals surface area contributed by atoms with Crippen LogP contribution in [0.5, 0.6) is 5.75 Å². The number of benzene rings is 1. The molecule has 0 bridgehead atoms. The first-order valence-electron chi connectivity index (χ1n) is 7.57. The second-order valence-corrected chi connectivity index (χ2v) is 6.41. The minimum Gasteiger partial charge on any atom is -0.489 e. The minimum absolute atomic E-state index is 0.0175. The van der Waals surface area contributed by atoms with Crippen LogP contribution in [-0.4, -0.2) is 30.8 Å². The maximum absolute atomic E-state index is 12.9. The molecule has 0 radical (unpaired) electrons. The Balaban J connectivity index is 1.84. The summed E-state index contributed by atoms with van der Waals surface area (Å²) in [5.41, 5.74) is 1.11. The topological polar surface area (TPSA) is 76.7 Å². The number of hydrogen-bond acceptors (Lipinski definition) is 4. The normalized spacial score (nSPS) is 14.0. The van der Waals surface area contributed by atoms with Gasteiger partial charge in [-0.1, -0.05) is 0 Å². The summed E-state index contributed by atoms with van der Waals surface area (Å²) in [5.74, 6) is 0.421. The van der Waals surface area contributed by atoms with Crippen molar-refractivity contribution in [2.75, 3.05) is 13.2 Å². The fourth-order valence-electron chi connectivity index (χ4n) is 2.10. The van der Waals surface area contributed by atoms with Crippen molar-refractivity contribution in [3.63, 3.8) is 0 Å². The first-order chi connectivity index (χ1) is 11.3. The van der Waals surface area contributed by atoms with E-state index >= 15 is 0 Å². The highest BCUT2D eigenvalue weighted by Gasteiger charge is 2.19. The number of halogens is 1. The van der Waals surface area contributed by atoms with Crippen molar-refractivity contribution in [1.82, 2.24) is 10.6 Å². The summed E-state index contributed by atoms with van der Waals surface area (Å²) in [7, 11) is 0. The van der Waals surface area contributed by atoms with Crippen LogP contribution < -0.4 is 15.4 Å². The van der Waals surface area contributed by atoms with E-state index in [2.05, 4.69) is 10.6 Å². The molecule has 0 unspecified atom stereocenters. The van der Waals surface area contributed by atoms with E-state index in [4.69, 9.17) is 9.47 Å². The highest BCUT2D eigenvalue weighted by Crippen LogP contribution is 2.22. The average Bonchev–Trinajstić information content (AvgIpc) is 2.86. The van der Waals surface area contributed by atoms with Crippen LogP contribution in [-0.2, 0) is 11.3 Å². The molecule has 0 aromatic heterocycles. The van der Waals surface area contributed by atoms with Crippen LogP contribution in [0.3, 0.4) is 0 Å². The molecule has 7 heteroatoms. The van der Waals surface area contributed by atoms with Crippen molar-refractivity contribution in [3.8, 4) is 5.75 Å². The molecular formula is C17H21FN2O4. The van der Waals surface area contributed by atoms with Crippen molar-refractivity contribution in [3.05, 3.63) is 41.2 Å². The average molecular weight is 336 g/mol. The summed E-state index contributed by atoms with van der Waals surface area (Å²) in [6.07, 6.45) is -0.223. The van der Waals surface area contributed by atoms with Crippen molar-refractivity contribution in [2.24, 2.45) is 0 Å². The van der Waals surface area contributed by atoms with Gasteiger partial charge in [-0.25, -0.2) is 9.18 Å². The number of rotatable bonds is 5. The van der Waals surface area contributed by atoms with Gasteiger partial charge in [-0.15, -0.1) is 0 Å². The molecule has 1 aromatic carbocycles. The van der Waals surface area contributed by atoms with Gasteiger partial charge < -0.3 is 20.1 Å². The second kappa shape index (κ2) is 7.33. The molecule has 0 atom stereocenters. The Bertz CT molecular complexity index is 665. The van der Waals surface area contributed by atoms with Crippen LogP contribution in [0, 0.1) is 0 Å². The monoisotopic (exact) mass is 336 g/mol. The van der Waals surface area contributed by atoms with Crippen molar-refractivity contribution in [2.45, 2.75) is 32.9 Å². The van der Waals surface area contributed by atoms with E-state index in [1.807, 2.05) is 0 Å². The van der Waals surface area contributed by atoms with E-state index in [0.717, 1.165) is 5.56 Å². The number of carbonyl (C=O) groups is 2. The summed E-state index contributed by atoms with van der Waals surface area (Å²) in [5, 5.41) is 5.18. The summed E-state index contributed by atoms with van der Waals surface area (Å²) < 4.78 is 23.5. The van der Waals surface area contributed by atoms with E-state index in [0.29, 0.717) is 24.2 Å². The molecular weight excluding hydrogens is 315 g/mol. The lowest BCUT2D eigenvalue weighted by molar-refractivity contribution is 0.0531. The van der Waals surface area contributed by atoms with Gasteiger partial charge in [0.2, 0.25) is 0 Å². The molecule has 0 aliphatic carbocycles. The zero-order chi connectivity index (χ0) is 17.7. The largest absolute Gasteiger partial charge is 0.489 e. The van der Waals surface area contributed by atoms with E-state index in [9.17, 15) is 14.0 Å². The van der Waals surface area contributed by atoms with Gasteiger partial charge in [-0.05, 0) is 44.5 Å². The molecule has 1 heterocycles. The predicted octanol–water partition coefficient (Wildman–Crippen LogP) is 2.69. The Hall–Kier alpha value is -2.57. The number of nitrogens with one attached hydrogen (secondary N) is 2. The van der Waals surface area contributed by atoms with E-state index in [1.54, 1.807) is 39.0 Å². The predicted molar refractivity (Wildman–Crippen MR) is 86.5 cm³/mol. The highest BCUT2D eigenvalue weighted by atomic mass is 19.1. The first-order valence-corrected chi connectivity index (χ1v) is 7.57. The molecule has 2 N–H and O–H groups in total. The molecule has 0 saturated carbocycles. The minimum atomic E-state index is -0.621. The lowest BCUT2D eigenvalue weighted by Crippen LogP contribution is -2.34. The third-order valence-corrected chi connectivity index (χ3v) is 3.20. The van der Waals surface area contributed by atoms with Gasteiger partial charge in [-0.3, -0.25) is 4.79 Å². The summed E-state index contributed by atoms with van der Waals surface area (Å²) in [6, 6.07) is 5.07. The summed E-state index contributed by atoms with van der Waals surface area (Å²) >= 11 is 0. The maximum atomic E-state index is 12.9. The molecule has 0 fully saturated rings. The van der Waals surface area contributed by atoms with E-state index in [-0.39, 0.29) is 24.6 Å². The van der Waals surface area contributed by atoms with Gasteiger partial charge >= 0.3 is 6.09 Å². The molecule has 130 valence electrons. The Morgan fingerprint density at radius 2 is 2.17 bits per heavy atom. The van der Waals surface area contributed by atoms with Crippen LogP contribution in [0.4, 0.5) is 9.18 Å². The molecule has 0 saturated heterocycles. The van der Waals surface area contributed by atoms with Crippen LogP contribution in [0.1, 0.15) is 36.7 Å². The van der Waals surface area contributed by atoms with Gasteiger partial charge in [0.1, 0.15) is 18.0 Å². The molecule has 6 nitrogen and oxygen atoms in total. The van der Waals surface area contributed by atoms with Crippen LogP contribution in [0.25, 0.3) is 0 Å². The first kappa shape index (κ1) is 17.8. The summed E-state index contributed by atoms with van der Waals surface area (Å²) in [4.78, 5) is 23.0.